The molecule has 5 heteroatoms. The molecular weight excluding hydrogens is 235 g/mol. The smallest absolute Gasteiger partial charge is 0.292 e. The number of rotatable bonds is 3. The molecular formula is C12H17N2O2P. The van der Waals surface area contributed by atoms with Gasteiger partial charge in [0.15, 0.2) is 0 Å². The van der Waals surface area contributed by atoms with Gasteiger partial charge in [0.05, 0.1) is 4.92 Å². The lowest BCUT2D eigenvalue weighted by atomic mass is 9.95. The highest BCUT2D eigenvalue weighted by Crippen LogP contribution is 2.27. The van der Waals surface area contributed by atoms with Crippen LogP contribution in [0.3, 0.4) is 0 Å². The summed E-state index contributed by atoms with van der Waals surface area (Å²) in [5, 5.41) is 15.2. The van der Waals surface area contributed by atoms with Crippen LogP contribution < -0.4 is 10.6 Å². The van der Waals surface area contributed by atoms with Crippen molar-refractivity contribution in [3.63, 3.8) is 0 Å². The Morgan fingerprint density at radius 3 is 2.65 bits per heavy atom. The minimum Gasteiger partial charge on any atom is -0.377 e. The van der Waals surface area contributed by atoms with Gasteiger partial charge in [-0.3, -0.25) is 10.1 Å². The number of nitro benzene ring substituents is 1. The lowest BCUT2D eigenvalue weighted by molar-refractivity contribution is -0.384. The third-order valence-electron chi connectivity index (χ3n) is 3.18. The summed E-state index contributed by atoms with van der Waals surface area (Å²) in [6.07, 6.45) is 5.93. The summed E-state index contributed by atoms with van der Waals surface area (Å²) in [4.78, 5) is 10.6. The van der Waals surface area contributed by atoms with Gasteiger partial charge in [-0.05, 0) is 30.3 Å². The van der Waals surface area contributed by atoms with E-state index in [4.69, 9.17) is 0 Å². The summed E-state index contributed by atoms with van der Waals surface area (Å²) >= 11 is 0. The molecule has 92 valence electrons. The maximum absolute atomic E-state index is 10.9. The number of benzene rings is 1. The van der Waals surface area contributed by atoms with E-state index in [1.165, 1.54) is 19.3 Å². The quantitative estimate of drug-likeness (QED) is 0.511. The van der Waals surface area contributed by atoms with E-state index >= 15 is 0 Å². The topological polar surface area (TPSA) is 55.2 Å². The third-order valence-corrected chi connectivity index (χ3v) is 3.54. The molecule has 1 saturated carbocycles. The van der Waals surface area contributed by atoms with Crippen LogP contribution in [0.4, 0.5) is 11.4 Å². The molecule has 1 N–H and O–H groups in total. The Morgan fingerprint density at radius 2 is 2.00 bits per heavy atom. The Kier molecular flexibility index (Phi) is 3.95. The van der Waals surface area contributed by atoms with Gasteiger partial charge in [0.2, 0.25) is 0 Å². The van der Waals surface area contributed by atoms with Gasteiger partial charge < -0.3 is 5.32 Å². The Labute approximate surface area is 103 Å². The zero-order valence-corrected chi connectivity index (χ0v) is 10.8. The van der Waals surface area contributed by atoms with E-state index in [0.29, 0.717) is 11.7 Å². The van der Waals surface area contributed by atoms with Gasteiger partial charge in [-0.15, -0.1) is 9.24 Å². The van der Waals surface area contributed by atoms with Crippen LogP contribution in [-0.2, 0) is 0 Å². The highest BCUT2D eigenvalue weighted by Gasteiger charge is 2.18. The first kappa shape index (κ1) is 12.3. The van der Waals surface area contributed by atoms with Crippen LogP contribution in [-0.4, -0.2) is 11.0 Å². The Hall–Kier alpha value is -1.15. The largest absolute Gasteiger partial charge is 0.377 e. The van der Waals surface area contributed by atoms with Crippen LogP contribution in [0.15, 0.2) is 18.2 Å². The van der Waals surface area contributed by atoms with E-state index in [0.717, 1.165) is 18.1 Å². The highest BCUT2D eigenvalue weighted by atomic mass is 31.0. The fraction of sp³-hybridized carbons (Fsp3) is 0.500. The molecule has 1 aliphatic rings. The third kappa shape index (κ3) is 3.16. The molecule has 0 aliphatic heterocycles. The van der Waals surface area contributed by atoms with Crippen molar-refractivity contribution in [3.8, 4) is 0 Å². The summed E-state index contributed by atoms with van der Waals surface area (Å²) in [6.45, 7) is 0. The summed E-state index contributed by atoms with van der Waals surface area (Å²) in [7, 11) is 2.57. The molecule has 1 aliphatic carbocycles. The van der Waals surface area contributed by atoms with Gasteiger partial charge in [0, 0.05) is 12.1 Å². The van der Waals surface area contributed by atoms with Crippen molar-refractivity contribution in [1.82, 2.24) is 0 Å². The zero-order chi connectivity index (χ0) is 12.3. The first-order chi connectivity index (χ1) is 8.16. The van der Waals surface area contributed by atoms with Crippen molar-refractivity contribution in [2.75, 3.05) is 5.32 Å². The molecule has 0 amide bonds. The van der Waals surface area contributed by atoms with Gasteiger partial charge >= 0.3 is 0 Å². The molecule has 0 bridgehead atoms. The Balaban J connectivity index is 2.17. The van der Waals surface area contributed by atoms with E-state index in [9.17, 15) is 10.1 Å². The molecule has 0 saturated heterocycles. The molecule has 17 heavy (non-hydrogen) atoms. The first-order valence-electron chi connectivity index (χ1n) is 5.97. The number of hydrogen-bond donors (Lipinski definition) is 1. The van der Waals surface area contributed by atoms with Crippen LogP contribution in [0.5, 0.6) is 0 Å². The predicted molar refractivity (Wildman–Crippen MR) is 72.9 cm³/mol. The molecule has 4 nitrogen and oxygen atoms in total. The van der Waals surface area contributed by atoms with E-state index < -0.39 is 0 Å². The molecule has 0 spiro atoms. The maximum atomic E-state index is 10.9. The molecule has 1 atom stereocenters. The lowest BCUT2D eigenvalue weighted by Crippen LogP contribution is -2.23. The first-order valence-corrected chi connectivity index (χ1v) is 6.55. The summed E-state index contributed by atoms with van der Waals surface area (Å²) in [6, 6.07) is 5.52. The van der Waals surface area contributed by atoms with Crippen molar-refractivity contribution >= 4 is 25.9 Å². The molecule has 2 rings (SSSR count). The second-order valence-corrected chi connectivity index (χ2v) is 5.18. The fourth-order valence-electron chi connectivity index (χ4n) is 2.30. The van der Waals surface area contributed by atoms with Crippen molar-refractivity contribution < 1.29 is 4.92 Å². The van der Waals surface area contributed by atoms with Gasteiger partial charge in [-0.25, -0.2) is 0 Å². The zero-order valence-electron chi connectivity index (χ0n) is 9.69. The minimum absolute atomic E-state index is 0.168. The second kappa shape index (κ2) is 5.46. The Morgan fingerprint density at radius 1 is 1.29 bits per heavy atom. The second-order valence-electron chi connectivity index (χ2n) is 4.51. The van der Waals surface area contributed by atoms with Crippen molar-refractivity contribution in [1.29, 1.82) is 0 Å². The number of nitrogens with one attached hydrogen (secondary N) is 1. The number of anilines is 1. The average Bonchev–Trinajstić information content (AvgIpc) is 2.30. The van der Waals surface area contributed by atoms with Crippen molar-refractivity contribution in [3.05, 3.63) is 28.3 Å². The Bertz CT molecular complexity index is 417. The lowest BCUT2D eigenvalue weighted by Gasteiger charge is -2.23. The molecule has 1 fully saturated rings. The molecule has 1 aromatic rings. The van der Waals surface area contributed by atoms with Gasteiger partial charge in [0.1, 0.15) is 5.69 Å². The van der Waals surface area contributed by atoms with Crippen LogP contribution in [0.2, 0.25) is 0 Å². The van der Waals surface area contributed by atoms with E-state index in [1.54, 1.807) is 12.1 Å². The van der Waals surface area contributed by atoms with Crippen molar-refractivity contribution in [2.45, 2.75) is 38.1 Å². The fourth-order valence-corrected chi connectivity index (χ4v) is 2.56. The van der Waals surface area contributed by atoms with Crippen LogP contribution >= 0.6 is 9.24 Å². The van der Waals surface area contributed by atoms with Gasteiger partial charge in [-0.1, -0.05) is 19.3 Å². The maximum Gasteiger partial charge on any atom is 0.292 e. The van der Waals surface area contributed by atoms with Crippen molar-refractivity contribution in [2.24, 2.45) is 0 Å². The molecule has 1 aromatic carbocycles. The molecule has 1 unspecified atom stereocenters. The molecule has 0 radical (unpaired) electrons. The summed E-state index contributed by atoms with van der Waals surface area (Å²) < 4.78 is 0. The van der Waals surface area contributed by atoms with E-state index in [-0.39, 0.29) is 10.6 Å². The molecule has 0 aromatic heterocycles. The van der Waals surface area contributed by atoms with Crippen LogP contribution in [0.1, 0.15) is 32.1 Å². The molecule has 0 heterocycles. The van der Waals surface area contributed by atoms with Gasteiger partial charge in [-0.2, -0.15) is 0 Å². The predicted octanol–water partition coefficient (Wildman–Crippen LogP) is 2.84. The minimum atomic E-state index is -0.324. The van der Waals surface area contributed by atoms with Gasteiger partial charge in [0.25, 0.3) is 5.69 Å². The van der Waals surface area contributed by atoms with Crippen LogP contribution in [0.25, 0.3) is 0 Å². The van der Waals surface area contributed by atoms with E-state index in [1.807, 2.05) is 6.07 Å². The normalized spacial score (nSPS) is 16.8. The number of nitrogens with zero attached hydrogens (tertiary/aromatic N) is 1. The monoisotopic (exact) mass is 252 g/mol. The summed E-state index contributed by atoms with van der Waals surface area (Å²) in [5.41, 5.74) is 0.816. The number of hydrogen-bond acceptors (Lipinski definition) is 3. The van der Waals surface area contributed by atoms with Crippen LogP contribution in [0, 0.1) is 10.1 Å². The standard InChI is InChI=1S/C12H17N2O2P/c15-14(16)12-7-6-10(17)8-11(12)13-9-4-2-1-3-5-9/h6-9,13H,1-5,17H2. The summed E-state index contributed by atoms with van der Waals surface area (Å²) in [5.74, 6) is 0. The average molecular weight is 252 g/mol. The SMILES string of the molecule is O=[N+]([O-])c1ccc(P)cc1NC1CCCCC1. The highest BCUT2D eigenvalue weighted by molar-refractivity contribution is 7.27. The number of nitro groups is 1. The van der Waals surface area contributed by atoms with E-state index in [2.05, 4.69) is 14.6 Å².